The third-order valence-corrected chi connectivity index (χ3v) is 5.59. The van der Waals surface area contributed by atoms with Crippen molar-refractivity contribution in [2.24, 2.45) is 5.92 Å². The Hall–Kier alpha value is 0.000649. The Morgan fingerprint density at radius 3 is 1.75 bits per heavy atom. The maximum atomic E-state index is 12.0. The molecule has 0 rings (SSSR count). The maximum Gasteiger partial charge on any atom is 0.297 e. The molecule has 0 aliphatic rings. The first-order valence-corrected chi connectivity index (χ1v) is 18.9. The largest absolute Gasteiger partial charge is 0.520 e. The number of ether oxygens (including phenoxy) is 1. The number of carbonyl (C=O) groups is 1. The average Bonchev–Trinajstić information content (AvgIpc) is 2.30. The van der Waals surface area contributed by atoms with Crippen LogP contribution in [0.1, 0.15) is 6.92 Å². The second kappa shape index (κ2) is 9.63. The lowest BCUT2D eigenvalue weighted by Crippen LogP contribution is -2.41. The maximum absolute atomic E-state index is 12.0. The summed E-state index contributed by atoms with van der Waals surface area (Å²) >= 11 is 0. The fourth-order valence-electron chi connectivity index (χ4n) is 1.81. The van der Waals surface area contributed by atoms with Gasteiger partial charge in [-0.2, -0.15) is 0 Å². The Labute approximate surface area is 151 Å². The standard InChI is InChI=1S/C16H38O5Si3/c1-14(16(17)21-24(8,9)10)11-18-12-15(20-23(5,6)7)13-19-22(2,3)4/h14-15H,11-13H2,1-10H3. The molecule has 0 saturated carbocycles. The number of hydrogen-bond donors (Lipinski definition) is 0. The summed E-state index contributed by atoms with van der Waals surface area (Å²) < 4.78 is 23.4. The molecule has 0 bridgehead atoms. The van der Waals surface area contributed by atoms with Gasteiger partial charge in [-0.1, -0.05) is 0 Å². The van der Waals surface area contributed by atoms with Crippen molar-refractivity contribution in [2.75, 3.05) is 19.8 Å². The third kappa shape index (κ3) is 14.4. The molecule has 5 nitrogen and oxygen atoms in total. The summed E-state index contributed by atoms with van der Waals surface area (Å²) in [6.07, 6.45) is -0.0800. The zero-order chi connectivity index (χ0) is 19.2. The van der Waals surface area contributed by atoms with Crippen LogP contribution in [0.2, 0.25) is 58.9 Å². The van der Waals surface area contributed by atoms with E-state index in [-0.39, 0.29) is 18.0 Å². The summed E-state index contributed by atoms with van der Waals surface area (Å²) in [5, 5.41) is 0. The van der Waals surface area contributed by atoms with Crippen LogP contribution in [0.5, 0.6) is 0 Å². The summed E-state index contributed by atoms with van der Waals surface area (Å²) in [4.78, 5) is 12.0. The summed E-state index contributed by atoms with van der Waals surface area (Å²) in [7, 11) is -5.12. The van der Waals surface area contributed by atoms with Gasteiger partial charge in [0.2, 0.25) is 8.32 Å². The van der Waals surface area contributed by atoms with Crippen molar-refractivity contribution in [2.45, 2.75) is 72.0 Å². The Kier molecular flexibility index (Phi) is 9.63. The van der Waals surface area contributed by atoms with Crippen LogP contribution in [0.15, 0.2) is 0 Å². The van der Waals surface area contributed by atoms with Crippen molar-refractivity contribution in [1.82, 2.24) is 0 Å². The minimum absolute atomic E-state index is 0.0800. The van der Waals surface area contributed by atoms with E-state index >= 15 is 0 Å². The lowest BCUT2D eigenvalue weighted by atomic mass is 10.2. The fourth-order valence-corrected chi connectivity index (χ4v) is 4.43. The topological polar surface area (TPSA) is 54.0 Å². The van der Waals surface area contributed by atoms with Gasteiger partial charge in [0.15, 0.2) is 16.6 Å². The van der Waals surface area contributed by atoms with E-state index in [4.69, 9.17) is 18.0 Å². The Morgan fingerprint density at radius 1 is 0.792 bits per heavy atom. The van der Waals surface area contributed by atoms with Gasteiger partial charge in [-0.3, -0.25) is 4.79 Å². The van der Waals surface area contributed by atoms with E-state index in [2.05, 4.69) is 39.3 Å². The van der Waals surface area contributed by atoms with E-state index in [1.54, 1.807) is 0 Å². The molecule has 0 saturated heterocycles. The molecular weight excluding hydrogens is 356 g/mol. The van der Waals surface area contributed by atoms with Crippen LogP contribution in [-0.4, -0.2) is 56.8 Å². The van der Waals surface area contributed by atoms with E-state index in [1.807, 2.05) is 26.6 Å². The van der Waals surface area contributed by atoms with Crippen LogP contribution in [0.25, 0.3) is 0 Å². The molecule has 0 aromatic carbocycles. The quantitative estimate of drug-likeness (QED) is 0.494. The highest BCUT2D eigenvalue weighted by Gasteiger charge is 2.26. The molecule has 0 aliphatic heterocycles. The van der Waals surface area contributed by atoms with Crippen molar-refractivity contribution in [3.05, 3.63) is 0 Å². The highest BCUT2D eigenvalue weighted by molar-refractivity contribution is 6.71. The molecule has 2 unspecified atom stereocenters. The predicted molar refractivity (Wildman–Crippen MR) is 107 cm³/mol. The Morgan fingerprint density at radius 2 is 1.33 bits per heavy atom. The van der Waals surface area contributed by atoms with Crippen molar-refractivity contribution in [3.8, 4) is 0 Å². The molecule has 0 spiro atoms. The molecule has 0 aliphatic carbocycles. The van der Waals surface area contributed by atoms with Crippen molar-refractivity contribution >= 4 is 30.9 Å². The summed E-state index contributed by atoms with van der Waals surface area (Å²) in [5.74, 6) is -0.433. The molecule has 8 heteroatoms. The minimum atomic E-state index is -1.85. The summed E-state index contributed by atoms with van der Waals surface area (Å²) in [6, 6.07) is 0. The third-order valence-electron chi connectivity index (χ3n) is 2.70. The highest BCUT2D eigenvalue weighted by atomic mass is 28.4. The predicted octanol–water partition coefficient (Wildman–Crippen LogP) is 4.09. The zero-order valence-corrected chi connectivity index (χ0v) is 20.3. The summed E-state index contributed by atoms with van der Waals surface area (Å²) in [6.45, 7) is 22.1. The van der Waals surface area contributed by atoms with E-state index in [9.17, 15) is 4.79 Å². The van der Waals surface area contributed by atoms with Gasteiger partial charge in [0.25, 0.3) is 5.97 Å². The molecular formula is C16H38O5Si3. The van der Waals surface area contributed by atoms with Gasteiger partial charge in [-0.15, -0.1) is 0 Å². The molecule has 0 amide bonds. The van der Waals surface area contributed by atoms with Crippen LogP contribution in [0, 0.1) is 5.92 Å². The van der Waals surface area contributed by atoms with Crippen LogP contribution in [0.4, 0.5) is 0 Å². The van der Waals surface area contributed by atoms with Crippen LogP contribution < -0.4 is 0 Å². The normalized spacial score (nSPS) is 15.9. The number of rotatable bonds is 11. The van der Waals surface area contributed by atoms with Gasteiger partial charge in [0, 0.05) is 0 Å². The second-order valence-electron chi connectivity index (χ2n) is 9.25. The first-order valence-electron chi connectivity index (χ1n) is 8.71. The van der Waals surface area contributed by atoms with Crippen LogP contribution in [-0.2, 0) is 22.8 Å². The van der Waals surface area contributed by atoms with Gasteiger partial charge in [-0.05, 0) is 65.8 Å². The Bertz CT molecular complexity index is 383. The van der Waals surface area contributed by atoms with E-state index in [1.165, 1.54) is 0 Å². The lowest BCUT2D eigenvalue weighted by Gasteiger charge is -2.29. The smallest absolute Gasteiger partial charge is 0.297 e. The van der Waals surface area contributed by atoms with Crippen LogP contribution >= 0.6 is 0 Å². The summed E-state index contributed by atoms with van der Waals surface area (Å²) in [5.41, 5.74) is 0. The molecule has 0 radical (unpaired) electrons. The molecule has 0 aromatic rings. The first kappa shape index (κ1) is 24.0. The van der Waals surface area contributed by atoms with Gasteiger partial charge in [0.1, 0.15) is 0 Å². The van der Waals surface area contributed by atoms with Gasteiger partial charge < -0.3 is 18.0 Å². The lowest BCUT2D eigenvalue weighted by molar-refractivity contribution is -0.141. The molecule has 144 valence electrons. The molecule has 24 heavy (non-hydrogen) atoms. The minimum Gasteiger partial charge on any atom is -0.520 e. The molecule has 0 heterocycles. The second-order valence-corrected chi connectivity index (χ2v) is 22.7. The molecule has 0 N–H and O–H groups in total. The SMILES string of the molecule is CC(COCC(CO[Si](C)(C)C)O[Si](C)(C)C)C(=O)O[Si](C)(C)C. The van der Waals surface area contributed by atoms with E-state index < -0.39 is 25.0 Å². The van der Waals surface area contributed by atoms with Crippen LogP contribution in [0.3, 0.4) is 0 Å². The van der Waals surface area contributed by atoms with Crippen molar-refractivity contribution in [3.63, 3.8) is 0 Å². The fraction of sp³-hybridized carbons (Fsp3) is 0.938. The van der Waals surface area contributed by atoms with Gasteiger partial charge in [0.05, 0.1) is 31.8 Å². The van der Waals surface area contributed by atoms with Crippen molar-refractivity contribution in [1.29, 1.82) is 0 Å². The number of carbonyl (C=O) groups excluding carboxylic acids is 1. The first-order chi connectivity index (χ1) is 10.6. The Balaban J connectivity index is 4.42. The van der Waals surface area contributed by atoms with Crippen molar-refractivity contribution < 1.29 is 22.8 Å². The number of hydrogen-bond acceptors (Lipinski definition) is 5. The zero-order valence-electron chi connectivity index (χ0n) is 17.3. The van der Waals surface area contributed by atoms with E-state index in [0.29, 0.717) is 19.8 Å². The van der Waals surface area contributed by atoms with Gasteiger partial charge in [-0.25, -0.2) is 0 Å². The average molecular weight is 395 g/mol. The molecule has 2 atom stereocenters. The molecule has 0 fully saturated rings. The van der Waals surface area contributed by atoms with Gasteiger partial charge >= 0.3 is 0 Å². The monoisotopic (exact) mass is 394 g/mol. The molecule has 0 aromatic heterocycles. The van der Waals surface area contributed by atoms with E-state index in [0.717, 1.165) is 0 Å². The highest BCUT2D eigenvalue weighted by Crippen LogP contribution is 2.13.